The number of unbranched alkanes of at least 4 members (excludes halogenated alkanes) is 1. The van der Waals surface area contributed by atoms with Crippen LogP contribution in [0.4, 0.5) is 10.1 Å². The first kappa shape index (κ1) is 22.5. The molecule has 30 heavy (non-hydrogen) atoms. The van der Waals surface area contributed by atoms with Crippen LogP contribution in [0.25, 0.3) is 0 Å². The number of hydrogen-bond acceptors (Lipinski definition) is 4. The molecule has 0 spiro atoms. The van der Waals surface area contributed by atoms with Gasteiger partial charge in [-0.2, -0.15) is 0 Å². The molecule has 1 aromatic carbocycles. The summed E-state index contributed by atoms with van der Waals surface area (Å²) in [5.41, 5.74) is 0.0695. The lowest BCUT2D eigenvalue weighted by molar-refractivity contribution is 0.284. The van der Waals surface area contributed by atoms with Gasteiger partial charge in [0.1, 0.15) is 16.7 Å². The third-order valence-electron chi connectivity index (χ3n) is 5.02. The van der Waals surface area contributed by atoms with Crippen LogP contribution in [-0.4, -0.2) is 27.9 Å². The first-order valence-electron chi connectivity index (χ1n) is 10.4. The predicted molar refractivity (Wildman–Crippen MR) is 118 cm³/mol. The van der Waals surface area contributed by atoms with Gasteiger partial charge in [-0.15, -0.1) is 0 Å². The third-order valence-corrected chi connectivity index (χ3v) is 6.44. The molecule has 3 N–H and O–H groups in total. The molecule has 1 atom stereocenters. The standard InChI is InChI=1S/C22H30FN3O3S/c1-22(2,11-3-4-12-24-19-6-5-13-25-21(19)27)26-30(28)17-9-10-18(23)20(14-17)29-15-16-7-8-16/h5-6,9-10,13-14,16,24,26H,3-4,7-8,11-12,15H2,1-2H3,(H,25,27). The molecule has 8 heteroatoms. The average Bonchev–Trinajstić information content (AvgIpc) is 3.52. The van der Waals surface area contributed by atoms with Crippen LogP contribution in [0.2, 0.25) is 0 Å². The van der Waals surface area contributed by atoms with Crippen molar-refractivity contribution < 1.29 is 13.3 Å². The lowest BCUT2D eigenvalue weighted by atomic mass is 9.99. The van der Waals surface area contributed by atoms with Gasteiger partial charge >= 0.3 is 0 Å². The fraction of sp³-hybridized carbons (Fsp3) is 0.500. The Morgan fingerprint density at radius 2 is 2.07 bits per heavy atom. The summed E-state index contributed by atoms with van der Waals surface area (Å²) in [6.07, 6.45) is 6.43. The lowest BCUT2D eigenvalue weighted by Gasteiger charge is -2.25. The van der Waals surface area contributed by atoms with Gasteiger partial charge in [-0.05, 0) is 76.1 Å². The van der Waals surface area contributed by atoms with Crippen molar-refractivity contribution in [3.8, 4) is 5.75 Å². The molecular formula is C22H30FN3O3S. The van der Waals surface area contributed by atoms with Crippen LogP contribution in [0.1, 0.15) is 46.0 Å². The molecule has 1 unspecified atom stereocenters. The Bertz CT molecular complexity index is 928. The topological polar surface area (TPSA) is 83.2 Å². The number of aromatic nitrogens is 1. The second kappa shape index (κ2) is 10.2. The van der Waals surface area contributed by atoms with Gasteiger partial charge in [0, 0.05) is 24.3 Å². The molecule has 6 nitrogen and oxygen atoms in total. The summed E-state index contributed by atoms with van der Waals surface area (Å²) in [4.78, 5) is 14.8. The first-order chi connectivity index (χ1) is 14.3. The van der Waals surface area contributed by atoms with E-state index in [1.807, 2.05) is 13.8 Å². The molecule has 1 heterocycles. The van der Waals surface area contributed by atoms with Crippen molar-refractivity contribution in [3.63, 3.8) is 0 Å². The van der Waals surface area contributed by atoms with Crippen LogP contribution < -0.4 is 20.3 Å². The van der Waals surface area contributed by atoms with Crippen LogP contribution in [0.5, 0.6) is 5.75 Å². The summed E-state index contributed by atoms with van der Waals surface area (Å²) >= 11 is 0. The van der Waals surface area contributed by atoms with Gasteiger partial charge in [-0.1, -0.05) is 0 Å². The molecule has 1 aliphatic carbocycles. The fourth-order valence-electron chi connectivity index (χ4n) is 3.04. The number of aromatic amines is 1. The Hall–Kier alpha value is -2.19. The smallest absolute Gasteiger partial charge is 0.271 e. The van der Waals surface area contributed by atoms with E-state index in [1.54, 1.807) is 18.3 Å². The van der Waals surface area contributed by atoms with Gasteiger partial charge in [-0.3, -0.25) is 4.79 Å². The first-order valence-corrected chi connectivity index (χ1v) is 11.5. The molecule has 0 amide bonds. The van der Waals surface area contributed by atoms with E-state index >= 15 is 0 Å². The fourth-order valence-corrected chi connectivity index (χ4v) is 4.17. The van der Waals surface area contributed by atoms with Gasteiger partial charge in [-0.25, -0.2) is 13.3 Å². The molecule has 2 aromatic rings. The SMILES string of the molecule is CC(C)(CCCCNc1ccc[nH]c1=O)NS(=O)c1ccc(F)c(OCC2CC2)c1. The number of anilines is 1. The van der Waals surface area contributed by atoms with Crippen LogP contribution in [-0.2, 0) is 11.0 Å². The summed E-state index contributed by atoms with van der Waals surface area (Å²) in [5.74, 6) is 0.250. The zero-order valence-electron chi connectivity index (χ0n) is 17.5. The zero-order valence-corrected chi connectivity index (χ0v) is 18.3. The summed E-state index contributed by atoms with van der Waals surface area (Å²) in [5, 5.41) is 3.13. The summed E-state index contributed by atoms with van der Waals surface area (Å²) in [6.45, 7) is 5.18. The highest BCUT2D eigenvalue weighted by atomic mass is 32.2. The Balaban J connectivity index is 1.44. The number of rotatable bonds is 12. The Kier molecular flexibility index (Phi) is 7.66. The van der Waals surface area contributed by atoms with Crippen molar-refractivity contribution >= 4 is 16.7 Å². The van der Waals surface area contributed by atoms with E-state index in [0.29, 0.717) is 29.7 Å². The van der Waals surface area contributed by atoms with Crippen molar-refractivity contribution in [1.29, 1.82) is 0 Å². The molecule has 0 bridgehead atoms. The van der Waals surface area contributed by atoms with Crippen molar-refractivity contribution in [3.05, 3.63) is 52.7 Å². The van der Waals surface area contributed by atoms with E-state index < -0.39 is 16.8 Å². The minimum absolute atomic E-state index is 0.130. The van der Waals surface area contributed by atoms with Gasteiger partial charge in [0.05, 0.1) is 11.5 Å². The van der Waals surface area contributed by atoms with Crippen LogP contribution in [0, 0.1) is 11.7 Å². The number of benzene rings is 1. The quantitative estimate of drug-likeness (QED) is 0.441. The van der Waals surface area contributed by atoms with Gasteiger partial charge in [0.15, 0.2) is 11.6 Å². The van der Waals surface area contributed by atoms with E-state index in [1.165, 1.54) is 18.2 Å². The monoisotopic (exact) mass is 435 g/mol. The molecule has 3 rings (SSSR count). The minimum Gasteiger partial charge on any atom is -0.490 e. The van der Waals surface area contributed by atoms with Crippen molar-refractivity contribution in [2.45, 2.75) is 56.4 Å². The minimum atomic E-state index is -1.47. The number of H-pyrrole nitrogens is 1. The number of pyridine rings is 1. The number of halogens is 1. The second-order valence-corrected chi connectivity index (χ2v) is 9.61. The Labute approximate surface area is 179 Å². The van der Waals surface area contributed by atoms with E-state index in [0.717, 1.165) is 32.1 Å². The molecule has 164 valence electrons. The number of ether oxygens (including phenoxy) is 1. The normalized spacial score (nSPS) is 15.0. The maximum Gasteiger partial charge on any atom is 0.271 e. The number of nitrogens with one attached hydrogen (secondary N) is 3. The highest BCUT2D eigenvalue weighted by Crippen LogP contribution is 2.30. The summed E-state index contributed by atoms with van der Waals surface area (Å²) in [6, 6.07) is 7.89. The molecule has 1 fully saturated rings. The van der Waals surface area contributed by atoms with E-state index in [-0.39, 0.29) is 16.8 Å². The maximum absolute atomic E-state index is 14.0. The molecule has 1 aliphatic rings. The van der Waals surface area contributed by atoms with E-state index in [2.05, 4.69) is 15.0 Å². The van der Waals surface area contributed by atoms with Crippen molar-refractivity contribution in [2.24, 2.45) is 5.92 Å². The largest absolute Gasteiger partial charge is 0.490 e. The third kappa shape index (κ3) is 6.95. The predicted octanol–water partition coefficient (Wildman–Crippen LogP) is 3.98. The summed E-state index contributed by atoms with van der Waals surface area (Å²) in [7, 11) is -1.47. The second-order valence-electron chi connectivity index (χ2n) is 8.40. The van der Waals surface area contributed by atoms with Crippen molar-refractivity contribution in [2.75, 3.05) is 18.5 Å². The highest BCUT2D eigenvalue weighted by molar-refractivity contribution is 7.83. The summed E-state index contributed by atoms with van der Waals surface area (Å²) < 4.78 is 35.4. The van der Waals surface area contributed by atoms with Crippen LogP contribution >= 0.6 is 0 Å². The molecule has 0 saturated heterocycles. The van der Waals surface area contributed by atoms with Gasteiger partial charge in [0.2, 0.25) is 0 Å². The van der Waals surface area contributed by atoms with Crippen LogP contribution in [0.15, 0.2) is 46.2 Å². The molecular weight excluding hydrogens is 405 g/mol. The molecule has 0 aliphatic heterocycles. The van der Waals surface area contributed by atoms with Crippen molar-refractivity contribution in [1.82, 2.24) is 9.71 Å². The molecule has 0 radical (unpaired) electrons. The van der Waals surface area contributed by atoms with Gasteiger partial charge in [0.25, 0.3) is 5.56 Å². The van der Waals surface area contributed by atoms with Gasteiger partial charge < -0.3 is 15.0 Å². The average molecular weight is 436 g/mol. The molecule has 1 saturated carbocycles. The van der Waals surface area contributed by atoms with Crippen LogP contribution in [0.3, 0.4) is 0 Å². The Morgan fingerprint density at radius 3 is 2.80 bits per heavy atom. The lowest BCUT2D eigenvalue weighted by Crippen LogP contribution is -2.40. The Morgan fingerprint density at radius 1 is 1.27 bits per heavy atom. The maximum atomic E-state index is 14.0. The zero-order chi connectivity index (χ0) is 21.6. The molecule has 1 aromatic heterocycles. The number of hydrogen-bond donors (Lipinski definition) is 3. The van der Waals surface area contributed by atoms with E-state index in [4.69, 9.17) is 4.74 Å². The van der Waals surface area contributed by atoms with E-state index in [9.17, 15) is 13.4 Å². The highest BCUT2D eigenvalue weighted by Gasteiger charge is 2.24.